The highest BCUT2D eigenvalue weighted by atomic mass is 35.5. The zero-order valence-corrected chi connectivity index (χ0v) is 12.9. The minimum absolute atomic E-state index is 0.224. The molecular formula is C17H25ClN2. The normalized spacial score (nSPS) is 24.1. The van der Waals surface area contributed by atoms with Crippen LogP contribution in [0.25, 0.3) is 0 Å². The van der Waals surface area contributed by atoms with E-state index in [2.05, 4.69) is 17.0 Å². The highest BCUT2D eigenvalue weighted by Gasteiger charge is 2.44. The number of hydrogen-bond acceptors (Lipinski definition) is 2. The zero-order chi connectivity index (χ0) is 14.0. The number of benzene rings is 1. The second-order valence-corrected chi connectivity index (χ2v) is 6.88. The Morgan fingerprint density at radius 2 is 1.85 bits per heavy atom. The summed E-state index contributed by atoms with van der Waals surface area (Å²) in [5.74, 6) is 0. The van der Waals surface area contributed by atoms with Crippen LogP contribution < -0.4 is 5.73 Å². The Bertz CT molecular complexity index is 448. The number of nitrogens with zero attached hydrogens (tertiary/aromatic N) is 1. The molecule has 2 aliphatic rings. The summed E-state index contributed by atoms with van der Waals surface area (Å²) >= 11 is 6.10. The first-order valence-electron chi connectivity index (χ1n) is 7.96. The largest absolute Gasteiger partial charge is 0.326 e. The average molecular weight is 293 g/mol. The van der Waals surface area contributed by atoms with Crippen molar-refractivity contribution < 1.29 is 0 Å². The van der Waals surface area contributed by atoms with Gasteiger partial charge in [0.15, 0.2) is 0 Å². The molecule has 1 aliphatic heterocycles. The van der Waals surface area contributed by atoms with Gasteiger partial charge in [-0.1, -0.05) is 36.6 Å². The fourth-order valence-corrected chi connectivity index (χ4v) is 4.39. The molecule has 1 aromatic carbocycles. The lowest BCUT2D eigenvalue weighted by molar-refractivity contribution is 0.0921. The summed E-state index contributed by atoms with van der Waals surface area (Å²) in [7, 11) is 0. The predicted molar refractivity (Wildman–Crippen MR) is 85.1 cm³/mol. The van der Waals surface area contributed by atoms with Crippen LogP contribution in [0.4, 0.5) is 0 Å². The van der Waals surface area contributed by atoms with Gasteiger partial charge in [0, 0.05) is 16.6 Å². The zero-order valence-electron chi connectivity index (χ0n) is 12.2. The van der Waals surface area contributed by atoms with Crippen LogP contribution in [-0.4, -0.2) is 29.6 Å². The third kappa shape index (κ3) is 2.74. The van der Waals surface area contributed by atoms with Crippen molar-refractivity contribution in [3.63, 3.8) is 0 Å². The first-order chi connectivity index (χ1) is 9.71. The summed E-state index contributed by atoms with van der Waals surface area (Å²) in [4.78, 5) is 2.69. The molecule has 0 amide bonds. The molecule has 1 saturated carbocycles. The number of nitrogens with two attached hydrogens (primary N) is 1. The summed E-state index contributed by atoms with van der Waals surface area (Å²) in [6.45, 7) is 2.48. The van der Waals surface area contributed by atoms with E-state index in [0.717, 1.165) is 11.4 Å². The molecule has 0 spiro atoms. The van der Waals surface area contributed by atoms with Crippen molar-refractivity contribution in [1.29, 1.82) is 0 Å². The number of hydrogen-bond donors (Lipinski definition) is 1. The summed E-state index contributed by atoms with van der Waals surface area (Å²) in [5.41, 5.74) is 8.21. The van der Waals surface area contributed by atoms with Crippen LogP contribution in [-0.2, 0) is 6.42 Å². The van der Waals surface area contributed by atoms with Gasteiger partial charge in [-0.3, -0.25) is 4.90 Å². The summed E-state index contributed by atoms with van der Waals surface area (Å²) in [6, 6.07) is 8.40. The Morgan fingerprint density at radius 1 is 1.15 bits per heavy atom. The molecule has 3 heteroatoms. The van der Waals surface area contributed by atoms with Gasteiger partial charge in [0.25, 0.3) is 0 Å². The van der Waals surface area contributed by atoms with E-state index in [9.17, 15) is 0 Å². The van der Waals surface area contributed by atoms with Gasteiger partial charge < -0.3 is 5.73 Å². The molecule has 1 heterocycles. The molecule has 1 saturated heterocycles. The van der Waals surface area contributed by atoms with Crippen molar-refractivity contribution in [3.8, 4) is 0 Å². The Labute approximate surface area is 127 Å². The van der Waals surface area contributed by atoms with E-state index < -0.39 is 0 Å². The van der Waals surface area contributed by atoms with Crippen LogP contribution in [0, 0.1) is 0 Å². The Kier molecular flexibility index (Phi) is 4.34. The van der Waals surface area contributed by atoms with Gasteiger partial charge >= 0.3 is 0 Å². The van der Waals surface area contributed by atoms with E-state index in [1.807, 2.05) is 12.1 Å². The third-order valence-electron chi connectivity index (χ3n) is 5.24. The van der Waals surface area contributed by atoms with Crippen molar-refractivity contribution >= 4 is 11.6 Å². The second-order valence-electron chi connectivity index (χ2n) is 6.45. The lowest BCUT2D eigenvalue weighted by Gasteiger charge is -2.43. The molecule has 3 rings (SSSR count). The van der Waals surface area contributed by atoms with Crippen LogP contribution >= 0.6 is 11.6 Å². The Balaban J connectivity index is 1.77. The van der Waals surface area contributed by atoms with E-state index in [1.165, 1.54) is 57.2 Å². The average Bonchev–Trinajstić information content (AvgIpc) is 3.11. The van der Waals surface area contributed by atoms with E-state index in [0.29, 0.717) is 0 Å². The molecule has 110 valence electrons. The number of likely N-dealkylation sites (tertiary alicyclic amines) is 1. The smallest absolute Gasteiger partial charge is 0.0408 e. The fourth-order valence-electron chi connectivity index (χ4n) is 4.18. The molecule has 1 aromatic rings. The minimum atomic E-state index is 0.224. The van der Waals surface area contributed by atoms with Crippen LogP contribution in [0.5, 0.6) is 0 Å². The summed E-state index contributed by atoms with van der Waals surface area (Å²) < 4.78 is 0. The maximum absolute atomic E-state index is 6.69. The monoisotopic (exact) mass is 292 g/mol. The van der Waals surface area contributed by atoms with Crippen LogP contribution in [0.2, 0.25) is 5.02 Å². The van der Waals surface area contributed by atoms with Crippen molar-refractivity contribution in [2.45, 2.75) is 56.5 Å². The topological polar surface area (TPSA) is 29.3 Å². The van der Waals surface area contributed by atoms with Crippen LogP contribution in [0.1, 0.15) is 44.1 Å². The van der Waals surface area contributed by atoms with Crippen molar-refractivity contribution in [2.75, 3.05) is 13.1 Å². The molecule has 20 heavy (non-hydrogen) atoms. The Morgan fingerprint density at radius 3 is 2.50 bits per heavy atom. The highest BCUT2D eigenvalue weighted by molar-refractivity contribution is 6.30. The fraction of sp³-hybridized carbons (Fsp3) is 0.647. The molecule has 1 atom stereocenters. The van der Waals surface area contributed by atoms with Crippen molar-refractivity contribution in [2.24, 2.45) is 5.73 Å². The summed E-state index contributed by atoms with van der Waals surface area (Å²) in [6.07, 6.45) is 8.83. The highest BCUT2D eigenvalue weighted by Crippen LogP contribution is 2.40. The van der Waals surface area contributed by atoms with Crippen LogP contribution in [0.15, 0.2) is 24.3 Å². The minimum Gasteiger partial charge on any atom is -0.326 e. The van der Waals surface area contributed by atoms with E-state index in [-0.39, 0.29) is 11.6 Å². The molecule has 2 fully saturated rings. The van der Waals surface area contributed by atoms with Crippen molar-refractivity contribution in [1.82, 2.24) is 4.90 Å². The molecule has 2 N–H and O–H groups in total. The van der Waals surface area contributed by atoms with Gasteiger partial charge in [-0.15, -0.1) is 0 Å². The Hall–Kier alpha value is -0.570. The molecule has 0 bridgehead atoms. The maximum atomic E-state index is 6.69. The van der Waals surface area contributed by atoms with Gasteiger partial charge in [-0.2, -0.15) is 0 Å². The van der Waals surface area contributed by atoms with Crippen LogP contribution in [0.3, 0.4) is 0 Å². The quantitative estimate of drug-likeness (QED) is 0.918. The summed E-state index contributed by atoms with van der Waals surface area (Å²) in [5, 5.41) is 0.816. The van der Waals surface area contributed by atoms with E-state index in [4.69, 9.17) is 17.3 Å². The van der Waals surface area contributed by atoms with Gasteiger partial charge in [0.05, 0.1) is 0 Å². The van der Waals surface area contributed by atoms with Gasteiger partial charge in [0.2, 0.25) is 0 Å². The van der Waals surface area contributed by atoms with Gasteiger partial charge in [0.1, 0.15) is 0 Å². The molecular weight excluding hydrogens is 268 g/mol. The van der Waals surface area contributed by atoms with Gasteiger partial charge in [-0.25, -0.2) is 0 Å². The molecule has 0 radical (unpaired) electrons. The SMILES string of the molecule is NC(Cc1cccc(Cl)c1)C1(N2CCCC2)CCCC1. The number of rotatable bonds is 4. The van der Waals surface area contributed by atoms with Crippen molar-refractivity contribution in [3.05, 3.63) is 34.9 Å². The molecule has 1 unspecified atom stereocenters. The lowest BCUT2D eigenvalue weighted by atomic mass is 9.83. The molecule has 2 nitrogen and oxygen atoms in total. The predicted octanol–water partition coefficient (Wildman–Crippen LogP) is 3.62. The second kappa shape index (κ2) is 6.05. The standard InChI is InChI=1S/C17H25ClN2/c18-15-7-5-6-14(12-15)13-16(19)17(8-1-2-9-17)20-10-3-4-11-20/h5-7,12,16H,1-4,8-11,13,19H2. The maximum Gasteiger partial charge on any atom is 0.0408 e. The van der Waals surface area contributed by atoms with Gasteiger partial charge in [-0.05, 0) is 62.9 Å². The number of halogens is 1. The third-order valence-corrected chi connectivity index (χ3v) is 5.48. The van der Waals surface area contributed by atoms with E-state index >= 15 is 0 Å². The molecule has 1 aliphatic carbocycles. The first-order valence-corrected chi connectivity index (χ1v) is 8.34. The molecule has 0 aromatic heterocycles. The lowest BCUT2D eigenvalue weighted by Crippen LogP contribution is -2.58. The van der Waals surface area contributed by atoms with E-state index in [1.54, 1.807) is 0 Å². The first kappa shape index (κ1) is 14.4.